The highest BCUT2D eigenvalue weighted by Crippen LogP contribution is 2.25. The molecule has 2 aliphatic rings. The maximum atomic E-state index is 13.1. The van der Waals surface area contributed by atoms with E-state index >= 15 is 0 Å². The summed E-state index contributed by atoms with van der Waals surface area (Å²) in [4.78, 5) is 17.2. The first-order valence-electron chi connectivity index (χ1n) is 9.16. The molecule has 2 aromatic rings. The Kier molecular flexibility index (Phi) is 4.36. The Morgan fingerprint density at radius 1 is 1.23 bits per heavy atom. The number of benzene rings is 1. The van der Waals surface area contributed by atoms with E-state index in [0.717, 1.165) is 24.6 Å². The van der Waals surface area contributed by atoms with Crippen LogP contribution in [0.3, 0.4) is 0 Å². The van der Waals surface area contributed by atoms with Gasteiger partial charge in [-0.2, -0.15) is 0 Å². The zero-order valence-electron chi connectivity index (χ0n) is 15.6. The second kappa shape index (κ2) is 6.68. The molecule has 2 aliphatic heterocycles. The molecule has 1 aromatic heterocycles. The Bertz CT molecular complexity index is 869. The first-order chi connectivity index (χ1) is 12.5. The smallest absolute Gasteiger partial charge is 0.242 e. The van der Waals surface area contributed by atoms with Gasteiger partial charge in [-0.1, -0.05) is 35.9 Å². The third kappa shape index (κ3) is 3.05. The lowest BCUT2D eigenvalue weighted by molar-refractivity contribution is -0.137. The van der Waals surface area contributed by atoms with Crippen molar-refractivity contribution in [3.05, 3.63) is 53.1 Å². The van der Waals surface area contributed by atoms with E-state index in [1.165, 1.54) is 16.7 Å². The van der Waals surface area contributed by atoms with E-state index in [4.69, 9.17) is 0 Å². The Hall–Kier alpha value is -2.47. The van der Waals surface area contributed by atoms with Crippen molar-refractivity contribution in [1.29, 1.82) is 0 Å². The maximum absolute atomic E-state index is 13.1. The number of rotatable bonds is 2. The van der Waals surface area contributed by atoms with E-state index in [-0.39, 0.29) is 11.9 Å². The molecule has 0 fully saturated rings. The molecule has 3 heterocycles. The quantitative estimate of drug-likeness (QED) is 0.831. The fraction of sp³-hybridized carbons (Fsp3) is 0.450. The number of carbonyl (C=O) groups is 1. The SMILES string of the molecule is Cc1cccc(C2=CCN(C(=O)C3Cn4c(C)nnc4CN3C)CC2)c1. The van der Waals surface area contributed by atoms with Gasteiger partial charge < -0.3 is 9.47 Å². The predicted octanol–water partition coefficient (Wildman–Crippen LogP) is 2.02. The molecule has 0 spiro atoms. The van der Waals surface area contributed by atoms with Crippen molar-refractivity contribution >= 4 is 11.5 Å². The average molecular weight is 351 g/mol. The van der Waals surface area contributed by atoms with Gasteiger partial charge in [0.1, 0.15) is 17.7 Å². The summed E-state index contributed by atoms with van der Waals surface area (Å²) in [6, 6.07) is 8.43. The first-order valence-corrected chi connectivity index (χ1v) is 9.16. The van der Waals surface area contributed by atoms with Gasteiger partial charge in [-0.3, -0.25) is 9.69 Å². The van der Waals surface area contributed by atoms with Crippen LogP contribution in [0, 0.1) is 13.8 Å². The van der Waals surface area contributed by atoms with Crippen LogP contribution >= 0.6 is 0 Å². The topological polar surface area (TPSA) is 54.3 Å². The largest absolute Gasteiger partial charge is 0.337 e. The summed E-state index contributed by atoms with van der Waals surface area (Å²) in [6.45, 7) is 6.81. The number of hydrogen-bond acceptors (Lipinski definition) is 4. The summed E-state index contributed by atoms with van der Waals surface area (Å²) in [5.74, 6) is 2.02. The van der Waals surface area contributed by atoms with Gasteiger partial charge in [-0.25, -0.2) is 0 Å². The number of likely N-dealkylation sites (N-methyl/N-ethyl adjacent to an activating group) is 1. The van der Waals surface area contributed by atoms with E-state index in [0.29, 0.717) is 19.6 Å². The fourth-order valence-corrected chi connectivity index (χ4v) is 3.88. The summed E-state index contributed by atoms with van der Waals surface area (Å²) < 4.78 is 2.07. The summed E-state index contributed by atoms with van der Waals surface area (Å²) in [5, 5.41) is 8.34. The molecule has 0 saturated carbocycles. The molecule has 1 aromatic carbocycles. The number of amides is 1. The van der Waals surface area contributed by atoms with Crippen LogP contribution in [-0.4, -0.2) is 56.7 Å². The molecule has 0 radical (unpaired) electrons. The monoisotopic (exact) mass is 351 g/mol. The van der Waals surface area contributed by atoms with Gasteiger partial charge in [0.05, 0.1) is 13.1 Å². The van der Waals surface area contributed by atoms with Crippen LogP contribution in [0.4, 0.5) is 0 Å². The highest BCUT2D eigenvalue weighted by Gasteiger charge is 2.34. The minimum absolute atomic E-state index is 0.147. The highest BCUT2D eigenvalue weighted by atomic mass is 16.2. The first kappa shape index (κ1) is 17.0. The molecule has 1 amide bonds. The number of fused-ring (bicyclic) bond motifs is 1. The summed E-state index contributed by atoms with van der Waals surface area (Å²) in [7, 11) is 1.99. The number of nitrogens with zero attached hydrogens (tertiary/aromatic N) is 5. The summed E-state index contributed by atoms with van der Waals surface area (Å²) in [5.41, 5.74) is 3.88. The van der Waals surface area contributed by atoms with Crippen molar-refractivity contribution in [2.75, 3.05) is 20.1 Å². The molecule has 0 N–H and O–H groups in total. The van der Waals surface area contributed by atoms with Crippen molar-refractivity contribution in [2.45, 2.75) is 39.4 Å². The molecule has 6 heteroatoms. The van der Waals surface area contributed by atoms with Gasteiger partial charge in [0.25, 0.3) is 0 Å². The molecule has 0 saturated heterocycles. The van der Waals surface area contributed by atoms with Crippen molar-refractivity contribution in [3.63, 3.8) is 0 Å². The van der Waals surface area contributed by atoms with Gasteiger partial charge in [0.15, 0.2) is 0 Å². The number of aromatic nitrogens is 3. The molecule has 136 valence electrons. The molecule has 0 bridgehead atoms. The van der Waals surface area contributed by atoms with Crippen molar-refractivity contribution in [2.24, 2.45) is 0 Å². The van der Waals surface area contributed by atoms with Crippen LogP contribution < -0.4 is 0 Å². The number of hydrogen-bond donors (Lipinski definition) is 0. The van der Waals surface area contributed by atoms with Crippen molar-refractivity contribution in [3.8, 4) is 0 Å². The normalized spacial score (nSPS) is 20.7. The summed E-state index contributed by atoms with van der Waals surface area (Å²) >= 11 is 0. The van der Waals surface area contributed by atoms with E-state index in [9.17, 15) is 4.79 Å². The van der Waals surface area contributed by atoms with Gasteiger partial charge >= 0.3 is 0 Å². The molecule has 0 aliphatic carbocycles. The minimum atomic E-state index is -0.147. The third-order valence-corrected chi connectivity index (χ3v) is 5.49. The maximum Gasteiger partial charge on any atom is 0.242 e. The molecule has 6 nitrogen and oxygen atoms in total. The van der Waals surface area contributed by atoms with Crippen molar-refractivity contribution < 1.29 is 4.79 Å². The zero-order chi connectivity index (χ0) is 18.3. The Balaban J connectivity index is 1.47. The Morgan fingerprint density at radius 3 is 2.81 bits per heavy atom. The van der Waals surface area contributed by atoms with Gasteiger partial charge in [-0.15, -0.1) is 10.2 Å². The van der Waals surface area contributed by atoms with Crippen LogP contribution in [0.25, 0.3) is 5.57 Å². The molecular formula is C20H25N5O. The molecule has 1 unspecified atom stereocenters. The molecule has 26 heavy (non-hydrogen) atoms. The predicted molar refractivity (Wildman–Crippen MR) is 100 cm³/mol. The van der Waals surface area contributed by atoms with Gasteiger partial charge in [0.2, 0.25) is 5.91 Å². The van der Waals surface area contributed by atoms with Crippen LogP contribution in [0.1, 0.15) is 29.2 Å². The van der Waals surface area contributed by atoms with Crippen LogP contribution in [0.5, 0.6) is 0 Å². The second-order valence-corrected chi connectivity index (χ2v) is 7.34. The molecule has 1 atom stereocenters. The highest BCUT2D eigenvalue weighted by molar-refractivity contribution is 5.83. The lowest BCUT2D eigenvalue weighted by Crippen LogP contribution is -2.52. The number of aryl methyl sites for hydroxylation is 2. The van der Waals surface area contributed by atoms with Crippen LogP contribution in [-0.2, 0) is 17.9 Å². The van der Waals surface area contributed by atoms with E-state index in [1.54, 1.807) is 0 Å². The fourth-order valence-electron chi connectivity index (χ4n) is 3.88. The van der Waals surface area contributed by atoms with Crippen LogP contribution in [0.15, 0.2) is 30.3 Å². The second-order valence-electron chi connectivity index (χ2n) is 7.34. The van der Waals surface area contributed by atoms with E-state index < -0.39 is 0 Å². The number of carbonyl (C=O) groups excluding carboxylic acids is 1. The van der Waals surface area contributed by atoms with Crippen molar-refractivity contribution in [1.82, 2.24) is 24.6 Å². The summed E-state index contributed by atoms with van der Waals surface area (Å²) in [6.07, 6.45) is 3.11. The zero-order valence-corrected chi connectivity index (χ0v) is 15.6. The Morgan fingerprint density at radius 2 is 2.08 bits per heavy atom. The average Bonchev–Trinajstić information content (AvgIpc) is 3.00. The lowest BCUT2D eigenvalue weighted by atomic mass is 9.97. The van der Waals surface area contributed by atoms with E-state index in [1.807, 2.05) is 18.9 Å². The third-order valence-electron chi connectivity index (χ3n) is 5.49. The Labute approximate surface area is 154 Å². The van der Waals surface area contributed by atoms with Gasteiger partial charge in [-0.05, 0) is 38.5 Å². The lowest BCUT2D eigenvalue weighted by Gasteiger charge is -2.36. The van der Waals surface area contributed by atoms with E-state index in [2.05, 4.69) is 56.9 Å². The molecule has 4 rings (SSSR count). The molecular weight excluding hydrogens is 326 g/mol. The van der Waals surface area contributed by atoms with Gasteiger partial charge in [0, 0.05) is 13.1 Å². The standard InChI is InChI=1S/C20H25N5O/c1-14-5-4-6-17(11-14)16-7-9-24(10-8-16)20(26)18-12-25-15(2)21-22-19(25)13-23(18)3/h4-7,11,18H,8-10,12-13H2,1-3H3. The minimum Gasteiger partial charge on any atom is -0.337 e. The van der Waals surface area contributed by atoms with Crippen LogP contribution in [0.2, 0.25) is 0 Å².